The van der Waals surface area contributed by atoms with Gasteiger partial charge in [-0.1, -0.05) is 44.2 Å². The van der Waals surface area contributed by atoms with Gasteiger partial charge in [-0.3, -0.25) is 14.8 Å². The molecule has 6 nitrogen and oxygen atoms in total. The molecule has 1 aromatic heterocycles. The highest BCUT2D eigenvalue weighted by Crippen LogP contribution is 2.24. The van der Waals surface area contributed by atoms with E-state index in [2.05, 4.69) is 40.3 Å². The van der Waals surface area contributed by atoms with Crippen LogP contribution in [0.15, 0.2) is 48.5 Å². The van der Waals surface area contributed by atoms with E-state index in [1.807, 2.05) is 42.5 Å². The van der Waals surface area contributed by atoms with Crippen molar-refractivity contribution in [3.8, 4) is 5.75 Å². The predicted molar refractivity (Wildman–Crippen MR) is 107 cm³/mol. The van der Waals surface area contributed by atoms with E-state index in [1.54, 1.807) is 7.11 Å². The third-order valence-corrected chi connectivity index (χ3v) is 4.87. The second-order valence-corrected chi connectivity index (χ2v) is 6.34. The molecule has 142 valence electrons. The smallest absolute Gasteiger partial charge is 0.272 e. The molecule has 0 saturated heterocycles. The minimum atomic E-state index is -0.174. The topological polar surface area (TPSA) is 70.2 Å². The maximum absolute atomic E-state index is 12.7. The Bertz CT molecular complexity index is 902. The number of carbonyl (C=O) groups excluding carboxylic acids is 1. The first-order chi connectivity index (χ1) is 13.2. The number of likely N-dealkylation sites (N-methyl/N-ethyl adjacent to an activating group) is 1. The molecule has 1 atom stereocenters. The van der Waals surface area contributed by atoms with Gasteiger partial charge in [0.1, 0.15) is 5.75 Å². The van der Waals surface area contributed by atoms with Crippen molar-refractivity contribution in [3.05, 3.63) is 59.8 Å². The van der Waals surface area contributed by atoms with Crippen LogP contribution in [0.25, 0.3) is 10.9 Å². The molecule has 2 N–H and O–H groups in total. The summed E-state index contributed by atoms with van der Waals surface area (Å²) in [5.74, 6) is 0.641. The van der Waals surface area contributed by atoms with Gasteiger partial charge >= 0.3 is 0 Å². The van der Waals surface area contributed by atoms with Gasteiger partial charge in [0, 0.05) is 11.9 Å². The lowest BCUT2D eigenvalue weighted by molar-refractivity contribution is 0.0931. The fourth-order valence-corrected chi connectivity index (χ4v) is 3.38. The fraction of sp³-hybridized carbons (Fsp3) is 0.333. The Morgan fingerprint density at radius 1 is 1.19 bits per heavy atom. The molecular formula is C21H26N4O2. The summed E-state index contributed by atoms with van der Waals surface area (Å²) in [6, 6.07) is 15.7. The van der Waals surface area contributed by atoms with Gasteiger partial charge in [0.15, 0.2) is 5.69 Å². The molecule has 0 radical (unpaired) electrons. The lowest BCUT2D eigenvalue weighted by Gasteiger charge is -2.30. The minimum absolute atomic E-state index is 0.0595. The highest BCUT2D eigenvalue weighted by atomic mass is 16.5. The highest BCUT2D eigenvalue weighted by Gasteiger charge is 2.21. The van der Waals surface area contributed by atoms with Gasteiger partial charge in [-0.25, -0.2) is 0 Å². The van der Waals surface area contributed by atoms with Crippen LogP contribution in [0.1, 0.15) is 35.9 Å². The number of aromatic amines is 1. The van der Waals surface area contributed by atoms with E-state index in [9.17, 15) is 4.79 Å². The van der Waals surface area contributed by atoms with Crippen molar-refractivity contribution in [1.29, 1.82) is 0 Å². The van der Waals surface area contributed by atoms with Crippen molar-refractivity contribution in [2.45, 2.75) is 19.9 Å². The number of H-pyrrole nitrogens is 1. The number of nitrogens with one attached hydrogen (secondary N) is 2. The molecule has 27 heavy (non-hydrogen) atoms. The lowest BCUT2D eigenvalue weighted by atomic mass is 10.0. The molecule has 0 aliphatic rings. The van der Waals surface area contributed by atoms with Gasteiger partial charge in [0.25, 0.3) is 5.91 Å². The number of ether oxygens (including phenoxy) is 1. The Labute approximate surface area is 159 Å². The van der Waals surface area contributed by atoms with E-state index < -0.39 is 0 Å². The summed E-state index contributed by atoms with van der Waals surface area (Å²) in [5.41, 5.74) is 2.40. The molecule has 1 unspecified atom stereocenters. The van der Waals surface area contributed by atoms with Gasteiger partial charge in [-0.05, 0) is 36.9 Å². The Kier molecular flexibility index (Phi) is 6.08. The van der Waals surface area contributed by atoms with Crippen LogP contribution >= 0.6 is 0 Å². The number of amides is 1. The molecule has 0 aliphatic carbocycles. The van der Waals surface area contributed by atoms with Gasteiger partial charge in [-0.15, -0.1) is 0 Å². The van der Waals surface area contributed by atoms with Crippen molar-refractivity contribution in [1.82, 2.24) is 20.4 Å². The van der Waals surface area contributed by atoms with Crippen LogP contribution in [0.2, 0.25) is 0 Å². The average molecular weight is 366 g/mol. The van der Waals surface area contributed by atoms with Crippen LogP contribution in [-0.4, -0.2) is 47.7 Å². The molecule has 1 heterocycles. The van der Waals surface area contributed by atoms with E-state index in [0.717, 1.165) is 35.3 Å². The summed E-state index contributed by atoms with van der Waals surface area (Å²) >= 11 is 0. The number of methoxy groups -OCH3 is 1. The van der Waals surface area contributed by atoms with Crippen LogP contribution in [0, 0.1) is 0 Å². The Morgan fingerprint density at radius 3 is 2.70 bits per heavy atom. The van der Waals surface area contributed by atoms with Crippen LogP contribution in [0.3, 0.4) is 0 Å². The summed E-state index contributed by atoms with van der Waals surface area (Å²) in [4.78, 5) is 15.1. The van der Waals surface area contributed by atoms with Crippen molar-refractivity contribution in [2.75, 3.05) is 26.7 Å². The highest BCUT2D eigenvalue weighted by molar-refractivity contribution is 6.04. The summed E-state index contributed by atoms with van der Waals surface area (Å²) < 4.78 is 5.36. The number of aromatic nitrogens is 2. The number of fused-ring (bicyclic) bond motifs is 1. The predicted octanol–water partition coefficient (Wildman–Crippen LogP) is 3.38. The quantitative estimate of drug-likeness (QED) is 0.641. The third kappa shape index (κ3) is 4.11. The normalized spacial score (nSPS) is 12.3. The van der Waals surface area contributed by atoms with Crippen molar-refractivity contribution in [3.63, 3.8) is 0 Å². The van der Waals surface area contributed by atoms with Crippen LogP contribution in [0.4, 0.5) is 0 Å². The van der Waals surface area contributed by atoms with Gasteiger partial charge in [0.05, 0.1) is 18.7 Å². The first-order valence-electron chi connectivity index (χ1n) is 9.27. The number of hydrogen-bond acceptors (Lipinski definition) is 4. The maximum Gasteiger partial charge on any atom is 0.272 e. The van der Waals surface area contributed by atoms with E-state index in [0.29, 0.717) is 12.2 Å². The van der Waals surface area contributed by atoms with E-state index in [1.165, 1.54) is 0 Å². The Balaban J connectivity index is 1.80. The van der Waals surface area contributed by atoms with Crippen LogP contribution in [0.5, 0.6) is 5.75 Å². The number of para-hydroxylation sites is 1. The minimum Gasteiger partial charge on any atom is -0.497 e. The van der Waals surface area contributed by atoms with Crippen molar-refractivity contribution in [2.24, 2.45) is 0 Å². The van der Waals surface area contributed by atoms with Gasteiger partial charge in [-0.2, -0.15) is 5.10 Å². The van der Waals surface area contributed by atoms with Gasteiger partial charge in [0.2, 0.25) is 0 Å². The summed E-state index contributed by atoms with van der Waals surface area (Å²) in [7, 11) is 1.66. The standard InChI is InChI=1S/C21H26N4O2/c1-4-25(5-2)19(15-9-8-10-16(13-15)27-3)14-22-21(26)20-17-11-6-7-12-18(17)23-24-20/h6-13,19H,4-5,14H2,1-3H3,(H,22,26)(H,23,24). The molecule has 6 heteroatoms. The van der Waals surface area contributed by atoms with Gasteiger partial charge < -0.3 is 10.1 Å². The number of benzene rings is 2. The molecule has 3 rings (SSSR count). The van der Waals surface area contributed by atoms with E-state index in [4.69, 9.17) is 4.74 Å². The van der Waals surface area contributed by atoms with Crippen molar-refractivity contribution < 1.29 is 9.53 Å². The first kappa shape index (κ1) is 18.9. The largest absolute Gasteiger partial charge is 0.497 e. The zero-order valence-electron chi connectivity index (χ0n) is 16.0. The molecule has 1 amide bonds. The second-order valence-electron chi connectivity index (χ2n) is 6.34. The number of nitrogens with zero attached hydrogens (tertiary/aromatic N) is 2. The zero-order valence-corrected chi connectivity index (χ0v) is 16.0. The Morgan fingerprint density at radius 2 is 1.96 bits per heavy atom. The average Bonchev–Trinajstić information content (AvgIpc) is 3.15. The molecule has 0 fully saturated rings. The summed E-state index contributed by atoms with van der Waals surface area (Å²) in [5, 5.41) is 11.0. The summed E-state index contributed by atoms with van der Waals surface area (Å²) in [6.45, 7) is 6.52. The lowest BCUT2D eigenvalue weighted by Crippen LogP contribution is -2.38. The molecular weight excluding hydrogens is 340 g/mol. The third-order valence-electron chi connectivity index (χ3n) is 4.87. The molecule has 0 saturated carbocycles. The Hall–Kier alpha value is -2.86. The number of hydrogen-bond donors (Lipinski definition) is 2. The summed E-state index contributed by atoms with van der Waals surface area (Å²) in [6.07, 6.45) is 0. The molecule has 0 spiro atoms. The van der Waals surface area contributed by atoms with E-state index >= 15 is 0 Å². The van der Waals surface area contributed by atoms with Crippen LogP contribution < -0.4 is 10.1 Å². The molecule has 0 aliphatic heterocycles. The fourth-order valence-electron chi connectivity index (χ4n) is 3.38. The van der Waals surface area contributed by atoms with Crippen molar-refractivity contribution >= 4 is 16.8 Å². The molecule has 0 bridgehead atoms. The zero-order chi connectivity index (χ0) is 19.2. The molecule has 3 aromatic rings. The monoisotopic (exact) mass is 366 g/mol. The number of rotatable bonds is 8. The first-order valence-corrected chi connectivity index (χ1v) is 9.27. The SMILES string of the molecule is CCN(CC)C(CNC(=O)c1n[nH]c2ccccc12)c1cccc(OC)c1. The second kappa shape index (κ2) is 8.68. The number of carbonyl (C=O) groups is 1. The van der Waals surface area contributed by atoms with Crippen LogP contribution in [-0.2, 0) is 0 Å². The maximum atomic E-state index is 12.7. The van der Waals surface area contributed by atoms with E-state index in [-0.39, 0.29) is 11.9 Å². The molecule has 2 aromatic carbocycles.